The van der Waals surface area contributed by atoms with Gasteiger partial charge in [0.25, 0.3) is 11.8 Å². The highest BCUT2D eigenvalue weighted by molar-refractivity contribution is 7.14. The quantitative estimate of drug-likeness (QED) is 0.741. The van der Waals surface area contributed by atoms with Gasteiger partial charge in [-0.15, -0.1) is 11.3 Å². The molecule has 2 amide bonds. The highest BCUT2D eigenvalue weighted by atomic mass is 35.5. The molecule has 2 aromatic rings. The molecule has 2 heterocycles. The zero-order chi connectivity index (χ0) is 12.0. The Morgan fingerprint density at radius 3 is 2.12 bits per heavy atom. The van der Waals surface area contributed by atoms with Gasteiger partial charge in [0, 0.05) is 5.38 Å². The van der Waals surface area contributed by atoms with Crippen LogP contribution in [0.2, 0.25) is 4.34 Å². The smallest absolute Gasteiger partial charge is 0.266 e. The lowest BCUT2D eigenvalue weighted by Gasteiger charge is -2.10. The molecular weight excluding hydrogens is 258 g/mol. The Bertz CT molecular complexity index is 600. The molecule has 0 N–H and O–H groups in total. The molecule has 0 spiro atoms. The number of amides is 2. The van der Waals surface area contributed by atoms with Crippen molar-refractivity contribution in [1.82, 2.24) is 0 Å². The molecule has 1 aliphatic heterocycles. The first-order valence-corrected chi connectivity index (χ1v) is 6.16. The summed E-state index contributed by atoms with van der Waals surface area (Å²) in [6, 6.07) is 8.42. The molecule has 3 nitrogen and oxygen atoms in total. The van der Waals surface area contributed by atoms with Gasteiger partial charge in [-0.25, -0.2) is 4.90 Å². The first-order chi connectivity index (χ1) is 8.18. The number of carbonyl (C=O) groups is 2. The summed E-state index contributed by atoms with van der Waals surface area (Å²) >= 11 is 7.11. The summed E-state index contributed by atoms with van der Waals surface area (Å²) in [6.07, 6.45) is 0. The van der Waals surface area contributed by atoms with Gasteiger partial charge in [-0.3, -0.25) is 9.59 Å². The zero-order valence-corrected chi connectivity index (χ0v) is 10.1. The molecular formula is C12H6ClNO2S. The van der Waals surface area contributed by atoms with Crippen molar-refractivity contribution in [3.8, 4) is 0 Å². The van der Waals surface area contributed by atoms with E-state index in [1.165, 1.54) is 11.3 Å². The predicted octanol–water partition coefficient (Wildman–Crippen LogP) is 3.20. The molecule has 1 aliphatic rings. The van der Waals surface area contributed by atoms with Crippen LogP contribution >= 0.6 is 22.9 Å². The maximum atomic E-state index is 12.1. The lowest BCUT2D eigenvalue weighted by Crippen LogP contribution is -2.28. The van der Waals surface area contributed by atoms with Gasteiger partial charge in [-0.1, -0.05) is 23.7 Å². The van der Waals surface area contributed by atoms with Gasteiger partial charge in [0.2, 0.25) is 0 Å². The fourth-order valence-corrected chi connectivity index (χ4v) is 2.68. The molecule has 0 unspecified atom stereocenters. The van der Waals surface area contributed by atoms with E-state index in [9.17, 15) is 9.59 Å². The van der Waals surface area contributed by atoms with E-state index in [4.69, 9.17) is 11.6 Å². The van der Waals surface area contributed by atoms with Crippen molar-refractivity contribution >= 4 is 40.4 Å². The van der Waals surface area contributed by atoms with Crippen molar-refractivity contribution in [2.75, 3.05) is 4.90 Å². The van der Waals surface area contributed by atoms with Crippen molar-refractivity contribution in [1.29, 1.82) is 0 Å². The number of carbonyl (C=O) groups excluding carboxylic acids is 2. The second-order valence-electron chi connectivity index (χ2n) is 3.60. The van der Waals surface area contributed by atoms with E-state index < -0.39 is 0 Å². The molecule has 1 aromatic heterocycles. The second-order valence-corrected chi connectivity index (χ2v) is 5.14. The topological polar surface area (TPSA) is 37.4 Å². The molecule has 84 valence electrons. The van der Waals surface area contributed by atoms with E-state index in [-0.39, 0.29) is 11.8 Å². The number of hydrogen-bond donors (Lipinski definition) is 0. The third-order valence-corrected chi connectivity index (χ3v) is 3.68. The number of thiophene rings is 1. The number of nitrogens with zero attached hydrogens (tertiary/aromatic N) is 1. The number of benzene rings is 1. The minimum absolute atomic E-state index is 0.292. The Labute approximate surface area is 106 Å². The van der Waals surface area contributed by atoms with Crippen LogP contribution in [-0.4, -0.2) is 11.8 Å². The largest absolute Gasteiger partial charge is 0.268 e. The normalized spacial score (nSPS) is 14.3. The number of imide groups is 1. The number of fused-ring (bicyclic) bond motifs is 1. The highest BCUT2D eigenvalue weighted by Crippen LogP contribution is 2.33. The SMILES string of the molecule is O=C1c2ccccc2C(=O)N1c1csc(Cl)c1. The zero-order valence-electron chi connectivity index (χ0n) is 8.51. The van der Waals surface area contributed by atoms with Crippen LogP contribution in [0, 0.1) is 0 Å². The molecule has 3 rings (SSSR count). The lowest BCUT2D eigenvalue weighted by atomic mass is 10.1. The van der Waals surface area contributed by atoms with Gasteiger partial charge >= 0.3 is 0 Å². The van der Waals surface area contributed by atoms with Gasteiger partial charge in [0.15, 0.2) is 0 Å². The summed E-state index contributed by atoms with van der Waals surface area (Å²) in [7, 11) is 0. The van der Waals surface area contributed by atoms with Crippen LogP contribution in [0.3, 0.4) is 0 Å². The number of halogens is 1. The molecule has 0 radical (unpaired) electrons. The maximum absolute atomic E-state index is 12.1. The van der Waals surface area contributed by atoms with Gasteiger partial charge < -0.3 is 0 Å². The molecule has 0 aliphatic carbocycles. The minimum Gasteiger partial charge on any atom is -0.268 e. The molecule has 0 saturated carbocycles. The average Bonchev–Trinajstić information content (AvgIpc) is 2.84. The van der Waals surface area contributed by atoms with E-state index in [1.54, 1.807) is 35.7 Å². The summed E-state index contributed by atoms with van der Waals surface area (Å²) in [6.45, 7) is 0. The average molecular weight is 264 g/mol. The van der Waals surface area contributed by atoms with Gasteiger partial charge in [0.1, 0.15) is 0 Å². The maximum Gasteiger partial charge on any atom is 0.266 e. The molecule has 0 fully saturated rings. The Balaban J connectivity index is 2.12. The third-order valence-electron chi connectivity index (χ3n) is 2.61. The van der Waals surface area contributed by atoms with Crippen LogP contribution in [0.1, 0.15) is 20.7 Å². The van der Waals surface area contributed by atoms with Crippen LogP contribution in [0.4, 0.5) is 5.69 Å². The Hall–Kier alpha value is -1.65. The van der Waals surface area contributed by atoms with Crippen molar-refractivity contribution in [2.24, 2.45) is 0 Å². The van der Waals surface area contributed by atoms with Crippen LogP contribution in [0.25, 0.3) is 0 Å². The monoisotopic (exact) mass is 263 g/mol. The van der Waals surface area contributed by atoms with Crippen LogP contribution in [0.5, 0.6) is 0 Å². The standard InChI is InChI=1S/C12H6ClNO2S/c13-10-5-7(6-17-10)14-11(15)8-3-1-2-4-9(8)12(14)16/h1-6H. The van der Waals surface area contributed by atoms with E-state index >= 15 is 0 Å². The summed E-state index contributed by atoms with van der Waals surface area (Å²) in [5.74, 6) is -0.583. The Kier molecular flexibility index (Phi) is 2.28. The summed E-state index contributed by atoms with van der Waals surface area (Å²) in [5, 5.41) is 1.70. The van der Waals surface area contributed by atoms with E-state index in [2.05, 4.69) is 0 Å². The van der Waals surface area contributed by atoms with Crippen molar-refractivity contribution < 1.29 is 9.59 Å². The molecule has 17 heavy (non-hydrogen) atoms. The minimum atomic E-state index is -0.292. The van der Waals surface area contributed by atoms with Gasteiger partial charge in [0.05, 0.1) is 21.2 Å². The van der Waals surface area contributed by atoms with Gasteiger partial charge in [-0.2, -0.15) is 0 Å². The first-order valence-electron chi connectivity index (χ1n) is 4.90. The molecule has 0 bridgehead atoms. The molecule has 5 heteroatoms. The van der Waals surface area contributed by atoms with E-state index in [1.807, 2.05) is 0 Å². The summed E-state index contributed by atoms with van der Waals surface area (Å²) in [4.78, 5) is 25.3. The van der Waals surface area contributed by atoms with Crippen molar-refractivity contribution in [3.63, 3.8) is 0 Å². The van der Waals surface area contributed by atoms with Crippen LogP contribution in [0.15, 0.2) is 35.7 Å². The van der Waals surface area contributed by atoms with Crippen LogP contribution in [-0.2, 0) is 0 Å². The van der Waals surface area contributed by atoms with Crippen LogP contribution < -0.4 is 4.90 Å². The predicted molar refractivity (Wildman–Crippen MR) is 66.9 cm³/mol. The third kappa shape index (κ3) is 1.49. The van der Waals surface area contributed by atoms with Crippen molar-refractivity contribution in [2.45, 2.75) is 0 Å². The van der Waals surface area contributed by atoms with E-state index in [0.29, 0.717) is 21.2 Å². The Morgan fingerprint density at radius 2 is 1.65 bits per heavy atom. The highest BCUT2D eigenvalue weighted by Gasteiger charge is 2.36. The molecule has 0 saturated heterocycles. The van der Waals surface area contributed by atoms with Gasteiger partial charge in [-0.05, 0) is 18.2 Å². The summed E-state index contributed by atoms with van der Waals surface area (Å²) in [5.41, 5.74) is 1.42. The first kappa shape index (κ1) is 10.5. The number of hydrogen-bond acceptors (Lipinski definition) is 3. The fourth-order valence-electron chi connectivity index (χ4n) is 1.84. The number of anilines is 1. The Morgan fingerprint density at radius 1 is 1.06 bits per heavy atom. The molecule has 0 atom stereocenters. The second kappa shape index (κ2) is 3.68. The van der Waals surface area contributed by atoms with E-state index in [0.717, 1.165) is 4.90 Å². The van der Waals surface area contributed by atoms with Crippen molar-refractivity contribution in [3.05, 3.63) is 51.2 Å². The molecule has 1 aromatic carbocycles. The number of rotatable bonds is 1. The lowest BCUT2D eigenvalue weighted by molar-refractivity contribution is 0.0926. The summed E-state index contributed by atoms with van der Waals surface area (Å²) < 4.78 is 0.552. The fraction of sp³-hybridized carbons (Fsp3) is 0.